The summed E-state index contributed by atoms with van der Waals surface area (Å²) in [5.41, 5.74) is 2.77. The Morgan fingerprint density at radius 2 is 1.88 bits per heavy atom. The second-order valence-corrected chi connectivity index (χ2v) is 6.57. The zero-order valence-electron chi connectivity index (χ0n) is 14.2. The number of amides is 3. The summed E-state index contributed by atoms with van der Waals surface area (Å²) in [5, 5.41) is 6.09. The number of rotatable bonds is 4. The van der Waals surface area contributed by atoms with Gasteiger partial charge in [0, 0.05) is 35.4 Å². The van der Waals surface area contributed by atoms with Crippen molar-refractivity contribution >= 4 is 40.7 Å². The van der Waals surface area contributed by atoms with Crippen molar-refractivity contribution in [2.24, 2.45) is 0 Å². The Kier molecular flexibility index (Phi) is 5.23. The van der Waals surface area contributed by atoms with E-state index in [4.69, 9.17) is 11.6 Å². The van der Waals surface area contributed by atoms with Crippen LogP contribution in [0.15, 0.2) is 42.5 Å². The van der Waals surface area contributed by atoms with Crippen LogP contribution in [0.25, 0.3) is 0 Å². The van der Waals surface area contributed by atoms with Gasteiger partial charge in [-0.2, -0.15) is 0 Å². The number of nitrogens with zero attached hydrogens (tertiary/aromatic N) is 1. The number of hydrogen-bond acceptors (Lipinski definition) is 3. The maximum atomic E-state index is 12.6. The molecule has 1 aliphatic rings. The number of carbonyl (C=O) groups is 3. The van der Waals surface area contributed by atoms with E-state index in [9.17, 15) is 14.4 Å². The zero-order valence-corrected chi connectivity index (χ0v) is 15.0. The summed E-state index contributed by atoms with van der Waals surface area (Å²) in [7, 11) is 1.57. The van der Waals surface area contributed by atoms with Crippen LogP contribution < -0.4 is 10.6 Å². The van der Waals surface area contributed by atoms with Gasteiger partial charge in [-0.15, -0.1) is 0 Å². The third kappa shape index (κ3) is 4.21. The van der Waals surface area contributed by atoms with E-state index in [1.165, 1.54) is 4.90 Å². The lowest BCUT2D eigenvalue weighted by atomic mass is 10.00. The highest BCUT2D eigenvalue weighted by Crippen LogP contribution is 2.24. The Balaban J connectivity index is 1.63. The van der Waals surface area contributed by atoms with Crippen molar-refractivity contribution in [1.82, 2.24) is 4.90 Å². The highest BCUT2D eigenvalue weighted by Gasteiger charge is 2.19. The molecular formula is C19H18ClN3O3. The van der Waals surface area contributed by atoms with Crippen LogP contribution >= 0.6 is 11.6 Å². The molecule has 7 heteroatoms. The second kappa shape index (κ2) is 7.58. The zero-order chi connectivity index (χ0) is 18.7. The lowest BCUT2D eigenvalue weighted by Gasteiger charge is -2.20. The average molecular weight is 372 g/mol. The summed E-state index contributed by atoms with van der Waals surface area (Å²) in [6, 6.07) is 11.9. The topological polar surface area (TPSA) is 78.5 Å². The standard InChI is InChI=1S/C19H18ClN3O3/c1-23(11-18(25)21-15-6-4-14(20)5-7-15)19(26)13-2-8-16-12(10-13)3-9-17(24)22-16/h2,4-8,10H,3,9,11H2,1H3,(H,21,25)(H,22,24). The smallest absolute Gasteiger partial charge is 0.254 e. The molecule has 0 saturated heterocycles. The fraction of sp³-hybridized carbons (Fsp3) is 0.211. The summed E-state index contributed by atoms with van der Waals surface area (Å²) in [4.78, 5) is 37.5. The molecule has 1 heterocycles. The number of aryl methyl sites for hydroxylation is 1. The van der Waals surface area contributed by atoms with Gasteiger partial charge in [-0.05, 0) is 54.4 Å². The van der Waals surface area contributed by atoms with Gasteiger partial charge < -0.3 is 15.5 Å². The molecule has 0 atom stereocenters. The van der Waals surface area contributed by atoms with Gasteiger partial charge >= 0.3 is 0 Å². The van der Waals surface area contributed by atoms with Gasteiger partial charge in [0.25, 0.3) is 5.91 Å². The molecule has 0 fully saturated rings. The van der Waals surface area contributed by atoms with Gasteiger partial charge in [0.05, 0.1) is 6.54 Å². The van der Waals surface area contributed by atoms with E-state index in [0.29, 0.717) is 29.1 Å². The maximum Gasteiger partial charge on any atom is 0.254 e. The van der Waals surface area contributed by atoms with Gasteiger partial charge in [0.15, 0.2) is 0 Å². The van der Waals surface area contributed by atoms with Crippen molar-refractivity contribution < 1.29 is 14.4 Å². The molecule has 1 aliphatic heterocycles. The lowest BCUT2D eigenvalue weighted by Crippen LogP contribution is -2.35. The maximum absolute atomic E-state index is 12.6. The number of likely N-dealkylation sites (N-methyl/N-ethyl adjacent to an activating group) is 1. The fourth-order valence-electron chi connectivity index (χ4n) is 2.76. The molecule has 3 rings (SSSR count). The van der Waals surface area contributed by atoms with Crippen molar-refractivity contribution in [3.05, 3.63) is 58.6 Å². The first-order valence-electron chi connectivity index (χ1n) is 8.16. The summed E-state index contributed by atoms with van der Waals surface area (Å²) >= 11 is 5.81. The fourth-order valence-corrected chi connectivity index (χ4v) is 2.88. The largest absolute Gasteiger partial charge is 0.332 e. The summed E-state index contributed by atoms with van der Waals surface area (Å²) in [5.74, 6) is -0.572. The van der Waals surface area contributed by atoms with Crippen LogP contribution in [-0.2, 0) is 16.0 Å². The molecule has 6 nitrogen and oxygen atoms in total. The summed E-state index contributed by atoms with van der Waals surface area (Å²) in [6.45, 7) is -0.0741. The quantitative estimate of drug-likeness (QED) is 0.867. The lowest BCUT2D eigenvalue weighted by molar-refractivity contribution is -0.117. The molecule has 0 unspecified atom stereocenters. The highest BCUT2D eigenvalue weighted by molar-refractivity contribution is 6.30. The molecule has 26 heavy (non-hydrogen) atoms. The molecule has 0 saturated carbocycles. The van der Waals surface area contributed by atoms with Gasteiger partial charge in [-0.3, -0.25) is 14.4 Å². The third-order valence-corrected chi connectivity index (χ3v) is 4.36. The monoisotopic (exact) mass is 371 g/mol. The predicted octanol–water partition coefficient (Wildman–Crippen LogP) is 2.94. The number of benzene rings is 2. The summed E-state index contributed by atoms with van der Waals surface area (Å²) < 4.78 is 0. The van der Waals surface area contributed by atoms with Crippen molar-refractivity contribution in [1.29, 1.82) is 0 Å². The van der Waals surface area contributed by atoms with E-state index < -0.39 is 0 Å². The van der Waals surface area contributed by atoms with Crippen molar-refractivity contribution in [2.45, 2.75) is 12.8 Å². The Hall–Kier alpha value is -2.86. The van der Waals surface area contributed by atoms with Gasteiger partial charge in [-0.25, -0.2) is 0 Å². The Bertz CT molecular complexity index is 865. The molecule has 2 aromatic carbocycles. The van der Waals surface area contributed by atoms with Gasteiger partial charge in [-0.1, -0.05) is 11.6 Å². The third-order valence-electron chi connectivity index (χ3n) is 4.10. The van der Waals surface area contributed by atoms with E-state index in [1.807, 2.05) is 0 Å². The molecule has 134 valence electrons. The van der Waals surface area contributed by atoms with Crippen LogP contribution in [0.1, 0.15) is 22.3 Å². The van der Waals surface area contributed by atoms with Crippen molar-refractivity contribution in [3.63, 3.8) is 0 Å². The minimum absolute atomic E-state index is 0.0208. The summed E-state index contributed by atoms with van der Waals surface area (Å²) in [6.07, 6.45) is 1.01. The molecule has 2 N–H and O–H groups in total. The molecule has 3 amide bonds. The Morgan fingerprint density at radius 3 is 2.62 bits per heavy atom. The first-order chi connectivity index (χ1) is 12.4. The van der Waals surface area contributed by atoms with Crippen LogP contribution in [-0.4, -0.2) is 36.2 Å². The Morgan fingerprint density at radius 1 is 1.15 bits per heavy atom. The minimum atomic E-state index is -0.298. The molecule has 0 spiro atoms. The predicted molar refractivity (Wildman–Crippen MR) is 100 cm³/mol. The van der Waals surface area contributed by atoms with Crippen LogP contribution in [0.5, 0.6) is 0 Å². The molecule has 0 aliphatic carbocycles. The number of hydrogen-bond donors (Lipinski definition) is 2. The minimum Gasteiger partial charge on any atom is -0.332 e. The number of carbonyl (C=O) groups excluding carboxylic acids is 3. The molecule has 0 radical (unpaired) electrons. The van der Waals surface area contributed by atoms with Crippen LogP contribution in [0.4, 0.5) is 11.4 Å². The molecule has 0 aromatic heterocycles. The normalized spacial score (nSPS) is 12.8. The molecule has 2 aromatic rings. The van der Waals surface area contributed by atoms with Crippen LogP contribution in [0, 0.1) is 0 Å². The van der Waals surface area contributed by atoms with Crippen molar-refractivity contribution in [3.8, 4) is 0 Å². The molecular weight excluding hydrogens is 354 g/mol. The average Bonchev–Trinajstić information content (AvgIpc) is 2.62. The van der Waals surface area contributed by atoms with E-state index >= 15 is 0 Å². The van der Waals surface area contributed by atoms with E-state index in [2.05, 4.69) is 10.6 Å². The highest BCUT2D eigenvalue weighted by atomic mass is 35.5. The number of anilines is 2. The second-order valence-electron chi connectivity index (χ2n) is 6.14. The van der Waals surface area contributed by atoms with E-state index in [-0.39, 0.29) is 24.3 Å². The van der Waals surface area contributed by atoms with Crippen molar-refractivity contribution in [2.75, 3.05) is 24.2 Å². The van der Waals surface area contributed by atoms with Gasteiger partial charge in [0.1, 0.15) is 0 Å². The van der Waals surface area contributed by atoms with Gasteiger partial charge in [0.2, 0.25) is 11.8 Å². The number of fused-ring (bicyclic) bond motifs is 1. The first kappa shape index (κ1) is 17.9. The van der Waals surface area contributed by atoms with Crippen LogP contribution in [0.2, 0.25) is 5.02 Å². The first-order valence-corrected chi connectivity index (χ1v) is 8.54. The molecule has 0 bridgehead atoms. The Labute approximate surface area is 156 Å². The number of halogens is 1. The van der Waals surface area contributed by atoms with E-state index in [1.54, 1.807) is 49.5 Å². The van der Waals surface area contributed by atoms with E-state index in [0.717, 1.165) is 11.3 Å². The number of nitrogens with one attached hydrogen (secondary N) is 2. The van der Waals surface area contributed by atoms with Crippen LogP contribution in [0.3, 0.4) is 0 Å². The SMILES string of the molecule is CN(CC(=O)Nc1ccc(Cl)cc1)C(=O)c1ccc2c(c1)CCC(=O)N2.